The van der Waals surface area contributed by atoms with E-state index in [0.29, 0.717) is 16.7 Å². The molecule has 0 amide bonds. The van der Waals surface area contributed by atoms with Gasteiger partial charge in [-0.2, -0.15) is 13.2 Å². The molecule has 0 aliphatic carbocycles. The lowest BCUT2D eigenvalue weighted by Gasteiger charge is -2.14. The van der Waals surface area contributed by atoms with Gasteiger partial charge in [0.25, 0.3) is 0 Å². The number of hydrogen-bond donors (Lipinski definition) is 2. The Labute approximate surface area is 183 Å². The second-order valence-corrected chi connectivity index (χ2v) is 8.95. The van der Waals surface area contributed by atoms with E-state index in [1.54, 1.807) is 42.5 Å². The highest BCUT2D eigenvalue weighted by atomic mass is 32.2. The first kappa shape index (κ1) is 23.5. The summed E-state index contributed by atoms with van der Waals surface area (Å²) in [5.41, 5.74) is 2.30. The fraction of sp³-hybridized carbons (Fsp3) is 0.174. The average Bonchev–Trinajstić information content (AvgIpc) is 2.72. The number of phenolic OH excluding ortho intramolecular Hbond substituents is 1. The maximum absolute atomic E-state index is 12.7. The minimum atomic E-state index is -4.70. The number of hydrogen-bond acceptors (Lipinski definition) is 4. The van der Waals surface area contributed by atoms with Crippen molar-refractivity contribution >= 4 is 15.8 Å². The predicted octanol–water partition coefficient (Wildman–Crippen LogP) is 4.25. The van der Waals surface area contributed by atoms with Crippen molar-refractivity contribution in [2.24, 2.45) is 0 Å². The molecule has 0 radical (unpaired) electrons. The quantitative estimate of drug-likeness (QED) is 0.523. The number of alkyl halides is 3. The van der Waals surface area contributed by atoms with Crippen LogP contribution in [0.15, 0.2) is 77.7 Å². The average molecular weight is 463 g/mol. The molecule has 0 fully saturated rings. The van der Waals surface area contributed by atoms with Crippen LogP contribution in [0.3, 0.4) is 0 Å². The molecule has 3 aromatic carbocycles. The van der Waals surface area contributed by atoms with E-state index >= 15 is 0 Å². The number of nitrogens with one attached hydrogen (secondary N) is 1. The van der Waals surface area contributed by atoms with Crippen molar-refractivity contribution in [3.05, 3.63) is 83.9 Å². The number of sulfonamides is 1. The number of rotatable bonds is 8. The number of ketones is 1. The van der Waals surface area contributed by atoms with Crippen molar-refractivity contribution in [2.45, 2.75) is 23.9 Å². The standard InChI is InChI=1S/C23H20F3NO4S/c24-23(25,26)15-27-32(30,31)21-9-10-22(17-6-2-1-3-7-17)18(14-21)13-20(29)12-16-5-4-8-19(28)11-16/h1-11,14,27-28H,12-13,15H2. The Morgan fingerprint density at radius 3 is 2.28 bits per heavy atom. The predicted molar refractivity (Wildman–Crippen MR) is 114 cm³/mol. The van der Waals surface area contributed by atoms with E-state index in [0.717, 1.165) is 5.56 Å². The van der Waals surface area contributed by atoms with Crippen molar-refractivity contribution in [2.75, 3.05) is 6.54 Å². The smallest absolute Gasteiger partial charge is 0.402 e. The number of benzene rings is 3. The lowest BCUT2D eigenvalue weighted by Crippen LogP contribution is -2.33. The van der Waals surface area contributed by atoms with Gasteiger partial charge in [-0.05, 0) is 46.5 Å². The van der Waals surface area contributed by atoms with Crippen LogP contribution in [0.2, 0.25) is 0 Å². The van der Waals surface area contributed by atoms with Crippen LogP contribution in [0, 0.1) is 0 Å². The van der Waals surface area contributed by atoms with E-state index in [9.17, 15) is 31.5 Å². The van der Waals surface area contributed by atoms with Crippen molar-refractivity contribution in [1.29, 1.82) is 0 Å². The monoisotopic (exact) mass is 463 g/mol. The van der Waals surface area contributed by atoms with Crippen LogP contribution < -0.4 is 4.72 Å². The number of phenols is 1. The first-order valence-corrected chi connectivity index (χ1v) is 11.1. The maximum atomic E-state index is 12.7. The number of Topliss-reactive ketones (excluding diaryl/α,β-unsaturated/α-hetero) is 1. The third-order valence-corrected chi connectivity index (χ3v) is 6.03. The van der Waals surface area contributed by atoms with Gasteiger partial charge < -0.3 is 5.11 Å². The van der Waals surface area contributed by atoms with Crippen LogP contribution in [0.1, 0.15) is 11.1 Å². The van der Waals surface area contributed by atoms with E-state index in [-0.39, 0.29) is 29.3 Å². The summed E-state index contributed by atoms with van der Waals surface area (Å²) in [5, 5.41) is 9.58. The van der Waals surface area contributed by atoms with E-state index in [1.165, 1.54) is 35.1 Å². The summed E-state index contributed by atoms with van der Waals surface area (Å²) in [4.78, 5) is 12.3. The van der Waals surface area contributed by atoms with E-state index in [2.05, 4.69) is 0 Å². The summed E-state index contributed by atoms with van der Waals surface area (Å²) < 4.78 is 63.7. The number of carbonyl (C=O) groups is 1. The van der Waals surface area contributed by atoms with Gasteiger partial charge in [0.2, 0.25) is 10.0 Å². The minimum absolute atomic E-state index is 0.00588. The van der Waals surface area contributed by atoms with Crippen LogP contribution in [-0.4, -0.2) is 32.0 Å². The molecule has 0 saturated carbocycles. The van der Waals surface area contributed by atoms with E-state index in [4.69, 9.17) is 0 Å². The van der Waals surface area contributed by atoms with Crippen LogP contribution in [0.4, 0.5) is 13.2 Å². The summed E-state index contributed by atoms with van der Waals surface area (Å²) >= 11 is 0. The topological polar surface area (TPSA) is 83.5 Å². The van der Waals surface area contributed by atoms with Gasteiger partial charge in [-0.1, -0.05) is 48.5 Å². The lowest BCUT2D eigenvalue weighted by molar-refractivity contribution is -0.121. The van der Waals surface area contributed by atoms with Gasteiger partial charge >= 0.3 is 6.18 Å². The van der Waals surface area contributed by atoms with Gasteiger partial charge in [-0.3, -0.25) is 4.79 Å². The Bertz CT molecular complexity index is 1210. The number of halogens is 3. The van der Waals surface area contributed by atoms with Crippen molar-refractivity contribution in [3.8, 4) is 16.9 Å². The van der Waals surface area contributed by atoms with Crippen molar-refractivity contribution in [3.63, 3.8) is 0 Å². The molecular weight excluding hydrogens is 443 g/mol. The summed E-state index contributed by atoms with van der Waals surface area (Å²) in [6.45, 7) is -1.69. The molecule has 0 saturated heterocycles. The molecule has 0 aliphatic heterocycles. The zero-order valence-corrected chi connectivity index (χ0v) is 17.6. The van der Waals surface area contributed by atoms with Gasteiger partial charge in [0.05, 0.1) is 4.90 Å². The molecular formula is C23H20F3NO4S. The third kappa shape index (κ3) is 6.41. The largest absolute Gasteiger partial charge is 0.508 e. The van der Waals surface area contributed by atoms with Gasteiger partial charge in [-0.15, -0.1) is 0 Å². The molecule has 3 aromatic rings. The normalized spacial score (nSPS) is 12.0. The first-order chi connectivity index (χ1) is 15.0. The minimum Gasteiger partial charge on any atom is -0.508 e. The molecule has 0 aliphatic rings. The molecule has 0 bridgehead atoms. The van der Waals surface area contributed by atoms with Gasteiger partial charge in [-0.25, -0.2) is 13.1 Å². The summed E-state index contributed by atoms with van der Waals surface area (Å²) in [5.74, 6) is -0.227. The second kappa shape index (κ2) is 9.54. The fourth-order valence-corrected chi connectivity index (χ4v) is 4.28. The molecule has 0 spiro atoms. The summed E-state index contributed by atoms with van der Waals surface area (Å²) in [6, 6.07) is 19.1. The lowest BCUT2D eigenvalue weighted by atomic mass is 9.94. The number of carbonyl (C=O) groups excluding carboxylic acids is 1. The Morgan fingerprint density at radius 2 is 1.62 bits per heavy atom. The molecule has 2 N–H and O–H groups in total. The van der Waals surface area contributed by atoms with Crippen LogP contribution in [-0.2, 0) is 27.7 Å². The Kier molecular flexibility index (Phi) is 7.00. The highest BCUT2D eigenvalue weighted by Crippen LogP contribution is 2.28. The van der Waals surface area contributed by atoms with Crippen LogP contribution >= 0.6 is 0 Å². The fourth-order valence-electron chi connectivity index (χ4n) is 3.21. The zero-order chi connectivity index (χ0) is 23.4. The van der Waals surface area contributed by atoms with Gasteiger partial charge in [0.15, 0.2) is 0 Å². The van der Waals surface area contributed by atoms with Crippen molar-refractivity contribution < 1.29 is 31.5 Å². The highest BCUT2D eigenvalue weighted by molar-refractivity contribution is 7.89. The molecule has 0 atom stereocenters. The highest BCUT2D eigenvalue weighted by Gasteiger charge is 2.30. The third-order valence-electron chi connectivity index (χ3n) is 4.63. The summed E-state index contributed by atoms with van der Waals surface area (Å²) in [6.07, 6.45) is -4.83. The van der Waals surface area contributed by atoms with Crippen LogP contribution in [0.5, 0.6) is 5.75 Å². The van der Waals surface area contributed by atoms with E-state index < -0.39 is 22.7 Å². The molecule has 32 heavy (non-hydrogen) atoms. The number of aromatic hydroxyl groups is 1. The van der Waals surface area contributed by atoms with Gasteiger partial charge in [0.1, 0.15) is 18.1 Å². The van der Waals surface area contributed by atoms with Gasteiger partial charge in [0, 0.05) is 12.8 Å². The molecule has 5 nitrogen and oxygen atoms in total. The Morgan fingerprint density at radius 1 is 0.906 bits per heavy atom. The first-order valence-electron chi connectivity index (χ1n) is 9.58. The molecule has 0 aromatic heterocycles. The molecule has 9 heteroatoms. The molecule has 3 rings (SSSR count). The maximum Gasteiger partial charge on any atom is 0.402 e. The molecule has 0 unspecified atom stereocenters. The zero-order valence-electron chi connectivity index (χ0n) is 16.8. The summed E-state index contributed by atoms with van der Waals surface area (Å²) in [7, 11) is -4.43. The molecule has 0 heterocycles. The van der Waals surface area contributed by atoms with E-state index in [1.807, 2.05) is 0 Å². The Balaban J connectivity index is 1.93. The molecule has 168 valence electrons. The second-order valence-electron chi connectivity index (χ2n) is 7.19. The van der Waals surface area contributed by atoms with Crippen LogP contribution in [0.25, 0.3) is 11.1 Å². The SMILES string of the molecule is O=C(Cc1cccc(O)c1)Cc1cc(S(=O)(=O)NCC(F)(F)F)ccc1-c1ccccc1. The van der Waals surface area contributed by atoms with Crippen molar-refractivity contribution in [1.82, 2.24) is 4.72 Å². The Hall–Kier alpha value is -3.17.